The van der Waals surface area contributed by atoms with Crippen molar-refractivity contribution in [2.45, 2.75) is 37.7 Å². The van der Waals surface area contributed by atoms with Gasteiger partial charge < -0.3 is 14.6 Å². The van der Waals surface area contributed by atoms with Crippen LogP contribution in [-0.2, 0) is 9.53 Å². The Morgan fingerprint density at radius 1 is 1.11 bits per heavy atom. The molecule has 2 atom stereocenters. The molecule has 2 fully saturated rings. The molecule has 144 valence electrons. The number of H-pyrrole nitrogens is 1. The number of likely N-dealkylation sites (tertiary alicyclic amines) is 1. The average molecular weight is 375 g/mol. The van der Waals surface area contributed by atoms with Crippen LogP contribution in [0.25, 0.3) is 22.0 Å². The van der Waals surface area contributed by atoms with E-state index in [9.17, 15) is 4.79 Å². The molecule has 0 radical (unpaired) electrons. The van der Waals surface area contributed by atoms with Gasteiger partial charge in [0.2, 0.25) is 0 Å². The van der Waals surface area contributed by atoms with E-state index in [1.54, 1.807) is 0 Å². The van der Waals surface area contributed by atoms with Crippen molar-refractivity contribution in [2.24, 2.45) is 0 Å². The summed E-state index contributed by atoms with van der Waals surface area (Å²) >= 11 is 0. The largest absolute Gasteiger partial charge is 0.368 e. The van der Waals surface area contributed by atoms with Crippen LogP contribution in [0.4, 0.5) is 0 Å². The van der Waals surface area contributed by atoms with Crippen molar-refractivity contribution < 1.29 is 9.53 Å². The zero-order valence-electron chi connectivity index (χ0n) is 15.9. The predicted molar refractivity (Wildman–Crippen MR) is 109 cm³/mol. The normalized spacial score (nSPS) is 22.6. The lowest BCUT2D eigenvalue weighted by Crippen LogP contribution is -2.44. The number of benzene rings is 1. The first-order valence-electron chi connectivity index (χ1n) is 10.2. The smallest absolute Gasteiger partial charge is 0.251 e. The molecular weight excluding hydrogens is 350 g/mol. The van der Waals surface area contributed by atoms with Gasteiger partial charge in [0.25, 0.3) is 5.91 Å². The van der Waals surface area contributed by atoms with Crippen molar-refractivity contribution in [3.8, 4) is 11.1 Å². The van der Waals surface area contributed by atoms with E-state index in [1.165, 1.54) is 22.2 Å². The van der Waals surface area contributed by atoms with Crippen LogP contribution in [0.15, 0.2) is 48.8 Å². The first-order chi connectivity index (χ1) is 13.8. The summed E-state index contributed by atoms with van der Waals surface area (Å²) < 4.78 is 5.64. The molecule has 2 aliphatic rings. The maximum atomic E-state index is 12.9. The molecule has 0 saturated carbocycles. The molecule has 1 aromatic carbocycles. The van der Waals surface area contributed by atoms with Gasteiger partial charge >= 0.3 is 0 Å². The van der Waals surface area contributed by atoms with Gasteiger partial charge in [0.05, 0.1) is 0 Å². The van der Waals surface area contributed by atoms with E-state index in [2.05, 4.69) is 46.4 Å². The number of nitrogens with one attached hydrogen (secondary N) is 1. The zero-order valence-corrected chi connectivity index (χ0v) is 15.9. The molecule has 0 bridgehead atoms. The fourth-order valence-electron chi connectivity index (χ4n) is 4.69. The molecule has 4 heterocycles. The number of piperidine rings is 1. The standard InChI is InChI=1S/C23H25N3O2/c27-23(20-8-4-14-28-20)26-13-3-5-17(15-26)22-21(16-9-11-24-12-10-16)18-6-1-2-7-19(18)25-22/h1-2,6-7,9-12,17,20,25H,3-5,8,13-15H2. The van der Waals surface area contributed by atoms with Crippen LogP contribution in [0, 0.1) is 0 Å². The summed E-state index contributed by atoms with van der Waals surface area (Å²) in [6.45, 7) is 2.30. The van der Waals surface area contributed by atoms with E-state index in [-0.39, 0.29) is 12.0 Å². The van der Waals surface area contributed by atoms with Gasteiger partial charge in [-0.3, -0.25) is 9.78 Å². The Morgan fingerprint density at radius 3 is 2.79 bits per heavy atom. The van der Waals surface area contributed by atoms with E-state index in [0.717, 1.165) is 44.3 Å². The number of carbonyl (C=O) groups is 1. The molecule has 5 rings (SSSR count). The Labute approximate surface area is 164 Å². The molecule has 1 amide bonds. The molecule has 5 nitrogen and oxygen atoms in total. The topological polar surface area (TPSA) is 58.2 Å². The fourth-order valence-corrected chi connectivity index (χ4v) is 4.69. The van der Waals surface area contributed by atoms with Crippen LogP contribution in [0.2, 0.25) is 0 Å². The van der Waals surface area contributed by atoms with Gasteiger partial charge in [0.15, 0.2) is 0 Å². The quantitative estimate of drug-likeness (QED) is 0.749. The van der Waals surface area contributed by atoms with Crippen molar-refractivity contribution in [2.75, 3.05) is 19.7 Å². The first-order valence-corrected chi connectivity index (χ1v) is 10.2. The summed E-state index contributed by atoms with van der Waals surface area (Å²) in [5.74, 6) is 0.471. The maximum absolute atomic E-state index is 12.9. The third kappa shape index (κ3) is 3.10. The van der Waals surface area contributed by atoms with E-state index >= 15 is 0 Å². The maximum Gasteiger partial charge on any atom is 0.251 e. The van der Waals surface area contributed by atoms with Gasteiger partial charge in [-0.1, -0.05) is 18.2 Å². The Hall–Kier alpha value is -2.66. The second-order valence-electron chi connectivity index (χ2n) is 7.82. The van der Waals surface area contributed by atoms with Crippen LogP contribution >= 0.6 is 0 Å². The van der Waals surface area contributed by atoms with Crippen LogP contribution in [0.1, 0.15) is 37.3 Å². The van der Waals surface area contributed by atoms with Crippen LogP contribution < -0.4 is 0 Å². The Morgan fingerprint density at radius 2 is 1.96 bits per heavy atom. The van der Waals surface area contributed by atoms with E-state index in [0.29, 0.717) is 12.5 Å². The number of carbonyl (C=O) groups excluding carboxylic acids is 1. The van der Waals surface area contributed by atoms with Gasteiger partial charge in [-0.15, -0.1) is 0 Å². The van der Waals surface area contributed by atoms with Crippen LogP contribution in [-0.4, -0.2) is 46.6 Å². The van der Waals surface area contributed by atoms with Crippen molar-refractivity contribution in [3.63, 3.8) is 0 Å². The summed E-state index contributed by atoms with van der Waals surface area (Å²) in [4.78, 5) is 22.8. The minimum Gasteiger partial charge on any atom is -0.368 e. The summed E-state index contributed by atoms with van der Waals surface area (Å²) in [6.07, 6.45) is 7.40. The highest BCUT2D eigenvalue weighted by molar-refractivity contribution is 5.97. The molecule has 2 saturated heterocycles. The van der Waals surface area contributed by atoms with E-state index < -0.39 is 0 Å². The lowest BCUT2D eigenvalue weighted by atomic mass is 9.89. The minimum atomic E-state index is -0.235. The molecular formula is C23H25N3O2. The third-order valence-corrected chi connectivity index (χ3v) is 6.05. The Balaban J connectivity index is 1.51. The average Bonchev–Trinajstić information content (AvgIpc) is 3.42. The molecule has 28 heavy (non-hydrogen) atoms. The third-order valence-electron chi connectivity index (χ3n) is 6.05. The first kappa shape index (κ1) is 17.4. The summed E-state index contributed by atoms with van der Waals surface area (Å²) in [7, 11) is 0. The SMILES string of the molecule is O=C(C1CCCO1)N1CCCC(c2[nH]c3ccccc3c2-c2ccncc2)C1. The molecule has 2 unspecified atom stereocenters. The van der Waals surface area contributed by atoms with Gasteiger partial charge in [0, 0.05) is 60.2 Å². The second kappa shape index (κ2) is 7.40. The number of para-hydroxylation sites is 1. The number of aromatic amines is 1. The fraction of sp³-hybridized carbons (Fsp3) is 0.391. The van der Waals surface area contributed by atoms with Crippen molar-refractivity contribution >= 4 is 16.8 Å². The highest BCUT2D eigenvalue weighted by Gasteiger charge is 2.33. The number of pyridine rings is 1. The molecule has 5 heteroatoms. The zero-order chi connectivity index (χ0) is 18.9. The van der Waals surface area contributed by atoms with E-state index in [4.69, 9.17) is 4.74 Å². The number of amides is 1. The number of aromatic nitrogens is 2. The Bertz CT molecular complexity index is 976. The summed E-state index contributed by atoms with van der Waals surface area (Å²) in [6, 6.07) is 12.6. The van der Waals surface area contributed by atoms with Crippen molar-refractivity contribution in [1.82, 2.24) is 14.9 Å². The highest BCUT2D eigenvalue weighted by atomic mass is 16.5. The van der Waals surface area contributed by atoms with Crippen molar-refractivity contribution in [1.29, 1.82) is 0 Å². The lowest BCUT2D eigenvalue weighted by molar-refractivity contribution is -0.142. The van der Waals surface area contributed by atoms with Gasteiger partial charge in [-0.05, 0) is 49.4 Å². The molecule has 2 aromatic heterocycles. The number of ether oxygens (including phenoxy) is 1. The van der Waals surface area contributed by atoms with Gasteiger partial charge in [-0.2, -0.15) is 0 Å². The number of hydrogen-bond donors (Lipinski definition) is 1. The Kier molecular flexibility index (Phi) is 4.61. The predicted octanol–water partition coefficient (Wildman–Crippen LogP) is 4.11. The monoisotopic (exact) mass is 375 g/mol. The van der Waals surface area contributed by atoms with Crippen LogP contribution in [0.3, 0.4) is 0 Å². The molecule has 3 aromatic rings. The lowest BCUT2D eigenvalue weighted by Gasteiger charge is -2.34. The van der Waals surface area contributed by atoms with Gasteiger partial charge in [-0.25, -0.2) is 0 Å². The van der Waals surface area contributed by atoms with Crippen molar-refractivity contribution in [3.05, 3.63) is 54.5 Å². The second-order valence-corrected chi connectivity index (χ2v) is 7.82. The number of fused-ring (bicyclic) bond motifs is 1. The van der Waals surface area contributed by atoms with Crippen LogP contribution in [0.5, 0.6) is 0 Å². The highest BCUT2D eigenvalue weighted by Crippen LogP contribution is 2.39. The molecule has 0 spiro atoms. The summed E-state index contributed by atoms with van der Waals surface area (Å²) in [5.41, 5.74) is 4.79. The molecule has 0 aliphatic carbocycles. The minimum absolute atomic E-state index is 0.170. The number of hydrogen-bond acceptors (Lipinski definition) is 3. The molecule has 1 N–H and O–H groups in total. The number of nitrogens with zero attached hydrogens (tertiary/aromatic N) is 2. The molecule has 2 aliphatic heterocycles. The summed E-state index contributed by atoms with van der Waals surface area (Å²) in [5, 5.41) is 1.23. The van der Waals surface area contributed by atoms with Gasteiger partial charge in [0.1, 0.15) is 6.10 Å². The van der Waals surface area contributed by atoms with E-state index in [1.807, 2.05) is 17.3 Å². The number of rotatable bonds is 3.